The smallest absolute Gasteiger partial charge is 0.162 e. The van der Waals surface area contributed by atoms with Crippen molar-refractivity contribution in [2.45, 2.75) is 6.10 Å². The first kappa shape index (κ1) is 12.7. The summed E-state index contributed by atoms with van der Waals surface area (Å²) in [6, 6.07) is 9.61. The van der Waals surface area contributed by atoms with E-state index in [0.29, 0.717) is 11.3 Å². The van der Waals surface area contributed by atoms with Crippen LogP contribution in [0, 0.1) is 11.6 Å². The van der Waals surface area contributed by atoms with Crippen LogP contribution < -0.4 is 9.47 Å². The van der Waals surface area contributed by atoms with Gasteiger partial charge in [-0.3, -0.25) is 0 Å². The third kappa shape index (κ3) is 2.25. The molecule has 0 saturated heterocycles. The van der Waals surface area contributed by atoms with Crippen molar-refractivity contribution in [3.05, 3.63) is 65.2 Å². The van der Waals surface area contributed by atoms with Gasteiger partial charge in [0, 0.05) is 11.6 Å². The van der Waals surface area contributed by atoms with E-state index in [1.54, 1.807) is 13.2 Å². The van der Waals surface area contributed by atoms with Crippen molar-refractivity contribution in [3.63, 3.8) is 0 Å². The van der Waals surface area contributed by atoms with Crippen molar-refractivity contribution in [2.75, 3.05) is 7.11 Å². The fourth-order valence-corrected chi connectivity index (χ4v) is 2.12. The zero-order valence-electron chi connectivity index (χ0n) is 10.8. The van der Waals surface area contributed by atoms with Gasteiger partial charge in [0.2, 0.25) is 0 Å². The fraction of sp³-hybridized carbons (Fsp3) is 0.125. The van der Waals surface area contributed by atoms with E-state index in [1.807, 2.05) is 30.3 Å². The van der Waals surface area contributed by atoms with Crippen LogP contribution in [0.1, 0.15) is 17.2 Å². The zero-order valence-corrected chi connectivity index (χ0v) is 10.8. The minimum Gasteiger partial charge on any atom is -0.497 e. The van der Waals surface area contributed by atoms with Crippen molar-refractivity contribution < 1.29 is 18.3 Å². The lowest BCUT2D eigenvalue weighted by molar-refractivity contribution is 0.249. The highest BCUT2D eigenvalue weighted by atomic mass is 19.2. The highest BCUT2D eigenvalue weighted by molar-refractivity contribution is 5.60. The summed E-state index contributed by atoms with van der Waals surface area (Å²) < 4.78 is 37.2. The molecule has 2 aromatic rings. The Bertz CT molecular complexity index is 663. The van der Waals surface area contributed by atoms with Crippen molar-refractivity contribution in [2.24, 2.45) is 0 Å². The van der Waals surface area contributed by atoms with E-state index in [4.69, 9.17) is 9.47 Å². The summed E-state index contributed by atoms with van der Waals surface area (Å²) in [4.78, 5) is 0. The van der Waals surface area contributed by atoms with Gasteiger partial charge in [0.25, 0.3) is 0 Å². The van der Waals surface area contributed by atoms with E-state index in [2.05, 4.69) is 0 Å². The van der Waals surface area contributed by atoms with Crippen LogP contribution in [-0.2, 0) is 0 Å². The van der Waals surface area contributed by atoms with Crippen LogP contribution >= 0.6 is 0 Å². The van der Waals surface area contributed by atoms with Crippen LogP contribution in [0.15, 0.2) is 42.5 Å². The largest absolute Gasteiger partial charge is 0.497 e. The molecule has 2 nitrogen and oxygen atoms in total. The molecule has 1 aliphatic rings. The van der Waals surface area contributed by atoms with Gasteiger partial charge in [0.1, 0.15) is 17.6 Å². The van der Waals surface area contributed by atoms with Gasteiger partial charge in [-0.2, -0.15) is 0 Å². The Morgan fingerprint density at radius 2 is 1.75 bits per heavy atom. The Morgan fingerprint density at radius 3 is 2.45 bits per heavy atom. The minimum atomic E-state index is -0.910. The van der Waals surface area contributed by atoms with Gasteiger partial charge in [-0.15, -0.1) is 0 Å². The van der Waals surface area contributed by atoms with Crippen LogP contribution in [0.25, 0.3) is 6.08 Å². The van der Waals surface area contributed by atoms with Gasteiger partial charge in [-0.05, 0) is 29.8 Å². The van der Waals surface area contributed by atoms with E-state index >= 15 is 0 Å². The molecule has 3 rings (SSSR count). The average molecular weight is 274 g/mol. The molecule has 0 spiro atoms. The van der Waals surface area contributed by atoms with Gasteiger partial charge in [-0.25, -0.2) is 8.78 Å². The van der Waals surface area contributed by atoms with Crippen molar-refractivity contribution >= 4 is 6.08 Å². The third-order valence-corrected chi connectivity index (χ3v) is 3.20. The molecule has 0 fully saturated rings. The molecule has 0 N–H and O–H groups in total. The molecule has 0 aromatic heterocycles. The van der Waals surface area contributed by atoms with Crippen LogP contribution in [0.4, 0.5) is 8.78 Å². The Labute approximate surface area is 115 Å². The molecule has 0 aliphatic carbocycles. The first-order valence-corrected chi connectivity index (χ1v) is 6.15. The SMILES string of the molecule is COc1ccc(C2C=Cc3cc(F)c(F)cc3O2)cc1. The minimum absolute atomic E-state index is 0.321. The maximum Gasteiger partial charge on any atom is 0.162 e. The maximum absolute atomic E-state index is 13.2. The number of fused-ring (bicyclic) bond motifs is 1. The number of benzene rings is 2. The number of methoxy groups -OCH3 is 1. The number of ether oxygens (including phenoxy) is 2. The van der Waals surface area contributed by atoms with Gasteiger partial charge < -0.3 is 9.47 Å². The monoisotopic (exact) mass is 274 g/mol. The van der Waals surface area contributed by atoms with Crippen molar-refractivity contribution in [1.29, 1.82) is 0 Å². The highest BCUT2D eigenvalue weighted by Crippen LogP contribution is 2.34. The average Bonchev–Trinajstić information content (AvgIpc) is 2.48. The molecule has 1 unspecified atom stereocenters. The molecule has 0 saturated carbocycles. The lowest BCUT2D eigenvalue weighted by Gasteiger charge is -2.22. The second kappa shape index (κ2) is 4.96. The van der Waals surface area contributed by atoms with Crippen LogP contribution in [0.2, 0.25) is 0 Å². The third-order valence-electron chi connectivity index (χ3n) is 3.20. The number of halogens is 2. The van der Waals surface area contributed by atoms with Crippen LogP contribution in [0.3, 0.4) is 0 Å². The molecule has 1 aliphatic heterocycles. The van der Waals surface area contributed by atoms with Gasteiger partial charge in [0.15, 0.2) is 11.6 Å². The molecule has 1 atom stereocenters. The molecular weight excluding hydrogens is 262 g/mol. The highest BCUT2D eigenvalue weighted by Gasteiger charge is 2.19. The van der Waals surface area contributed by atoms with Gasteiger partial charge in [-0.1, -0.05) is 18.2 Å². The predicted octanol–water partition coefficient (Wildman–Crippen LogP) is 4.12. The molecule has 20 heavy (non-hydrogen) atoms. The zero-order chi connectivity index (χ0) is 14.1. The molecule has 0 bridgehead atoms. The second-order valence-corrected chi connectivity index (χ2v) is 4.47. The van der Waals surface area contributed by atoms with E-state index in [-0.39, 0.29) is 6.10 Å². The van der Waals surface area contributed by atoms with Crippen LogP contribution in [0.5, 0.6) is 11.5 Å². The predicted molar refractivity (Wildman–Crippen MR) is 71.8 cm³/mol. The molecule has 102 valence electrons. The summed E-state index contributed by atoms with van der Waals surface area (Å²) in [6.45, 7) is 0. The Balaban J connectivity index is 1.90. The lowest BCUT2D eigenvalue weighted by atomic mass is 10.0. The first-order valence-electron chi connectivity index (χ1n) is 6.15. The summed E-state index contributed by atoms with van der Waals surface area (Å²) in [7, 11) is 1.60. The molecular formula is C16H12F2O2. The Morgan fingerprint density at radius 1 is 1.05 bits per heavy atom. The lowest BCUT2D eigenvalue weighted by Crippen LogP contribution is -2.09. The van der Waals surface area contributed by atoms with E-state index < -0.39 is 11.6 Å². The molecule has 2 aromatic carbocycles. The number of hydrogen-bond donors (Lipinski definition) is 0. The first-order chi connectivity index (χ1) is 9.67. The van der Waals surface area contributed by atoms with E-state index in [0.717, 1.165) is 23.4 Å². The molecule has 4 heteroatoms. The van der Waals surface area contributed by atoms with Crippen molar-refractivity contribution in [3.8, 4) is 11.5 Å². The Kier molecular flexibility index (Phi) is 3.14. The number of rotatable bonds is 2. The summed E-state index contributed by atoms with van der Waals surface area (Å²) in [5, 5.41) is 0. The van der Waals surface area contributed by atoms with Gasteiger partial charge in [0.05, 0.1) is 7.11 Å². The standard InChI is InChI=1S/C16H12F2O2/c1-19-12-5-2-10(3-6-12)15-7-4-11-8-13(17)14(18)9-16(11)20-15/h2-9,15H,1H3. The normalized spacial score (nSPS) is 16.4. The van der Waals surface area contributed by atoms with E-state index in [1.165, 1.54) is 0 Å². The van der Waals surface area contributed by atoms with Crippen LogP contribution in [-0.4, -0.2) is 7.11 Å². The van der Waals surface area contributed by atoms with Crippen molar-refractivity contribution in [1.82, 2.24) is 0 Å². The second-order valence-electron chi connectivity index (χ2n) is 4.47. The molecule has 0 radical (unpaired) electrons. The fourth-order valence-electron chi connectivity index (χ4n) is 2.12. The quantitative estimate of drug-likeness (QED) is 0.820. The number of hydrogen-bond acceptors (Lipinski definition) is 2. The summed E-state index contributed by atoms with van der Waals surface area (Å²) in [6.07, 6.45) is 3.22. The van der Waals surface area contributed by atoms with Gasteiger partial charge >= 0.3 is 0 Å². The summed E-state index contributed by atoms with van der Waals surface area (Å²) in [5.74, 6) is -0.693. The molecule has 0 amide bonds. The molecule has 1 heterocycles. The Hall–Kier alpha value is -2.36. The maximum atomic E-state index is 13.2. The summed E-state index contributed by atoms with van der Waals surface area (Å²) in [5.41, 5.74) is 1.45. The summed E-state index contributed by atoms with van der Waals surface area (Å²) >= 11 is 0. The van der Waals surface area contributed by atoms with E-state index in [9.17, 15) is 8.78 Å². The topological polar surface area (TPSA) is 18.5 Å².